The highest BCUT2D eigenvalue weighted by atomic mass is 17.0. The van der Waals surface area contributed by atoms with E-state index < -0.39 is 33.8 Å². The van der Waals surface area contributed by atoms with Crippen molar-refractivity contribution in [2.75, 3.05) is 0 Å². The van der Waals surface area contributed by atoms with Crippen molar-refractivity contribution in [3.8, 4) is 0 Å². The number of rotatable bonds is 8. The van der Waals surface area contributed by atoms with E-state index >= 15 is 0 Å². The highest BCUT2D eigenvalue weighted by molar-refractivity contribution is 5.79. The molecule has 4 saturated carbocycles. The molecule has 0 radical (unpaired) electrons. The summed E-state index contributed by atoms with van der Waals surface area (Å²) in [6.45, 7) is 6.13. The van der Waals surface area contributed by atoms with Gasteiger partial charge in [-0.3, -0.25) is 9.59 Å². The van der Waals surface area contributed by atoms with Gasteiger partial charge in [0, 0.05) is 24.7 Å². The monoisotopic (exact) mass is 496 g/mol. The van der Waals surface area contributed by atoms with Gasteiger partial charge >= 0.3 is 5.97 Å². The van der Waals surface area contributed by atoms with Crippen LogP contribution in [0.3, 0.4) is 0 Å². The molecule has 0 aliphatic heterocycles. The van der Waals surface area contributed by atoms with E-state index in [9.17, 15) is 34.9 Å². The summed E-state index contributed by atoms with van der Waals surface area (Å²) in [4.78, 5) is 57.3. The van der Waals surface area contributed by atoms with E-state index in [0.717, 1.165) is 12.8 Å². The van der Waals surface area contributed by atoms with Crippen LogP contribution in [-0.4, -0.2) is 39.2 Å². The normalized spacial score (nSPS) is 43.3. The molecule has 0 aromatic carbocycles. The Morgan fingerprint density at radius 1 is 1.14 bits per heavy atom. The minimum Gasteiger partial charge on any atom is -0.481 e. The maximum Gasteiger partial charge on any atom is 0.303 e. The molecule has 0 unspecified atom stereocenters. The first kappa shape index (κ1) is 25.6. The fraction of sp³-hybridized carbons (Fsp3) is 0.917. The zero-order valence-corrected chi connectivity index (χ0v) is 20.6. The molecule has 11 nitrogen and oxygen atoms in total. The molecule has 0 aromatic heterocycles. The van der Waals surface area contributed by atoms with Crippen molar-refractivity contribution in [2.24, 2.45) is 46.3 Å². The molecular weight excluding hydrogens is 460 g/mol. The predicted octanol–water partition coefficient (Wildman–Crippen LogP) is 4.09. The van der Waals surface area contributed by atoms with Crippen molar-refractivity contribution in [3.63, 3.8) is 0 Å². The maximum atomic E-state index is 12.3. The molecule has 0 spiro atoms. The third-order valence-electron chi connectivity index (χ3n) is 10.6. The van der Waals surface area contributed by atoms with Gasteiger partial charge in [-0.25, -0.2) is 0 Å². The number of hydrogen-bond donors (Lipinski definition) is 1. The molecule has 4 aliphatic rings. The molecule has 1 N–H and O–H groups in total. The summed E-state index contributed by atoms with van der Waals surface area (Å²) in [6.07, 6.45) is 2.86. The van der Waals surface area contributed by atoms with Crippen molar-refractivity contribution in [1.29, 1.82) is 0 Å². The first-order valence-electron chi connectivity index (χ1n) is 12.7. The van der Waals surface area contributed by atoms with Crippen LogP contribution in [0.5, 0.6) is 0 Å². The number of ketones is 1. The maximum absolute atomic E-state index is 12.3. The van der Waals surface area contributed by atoms with Gasteiger partial charge in [0.05, 0.1) is 0 Å². The quantitative estimate of drug-likeness (QED) is 0.385. The smallest absolute Gasteiger partial charge is 0.303 e. The minimum absolute atomic E-state index is 0.00427. The number of Topliss-reactive ketones (excluding diaryl/α,β-unsaturated/α-hetero) is 1. The summed E-state index contributed by atoms with van der Waals surface area (Å²) in [6, 6.07) is 0. The Hall–Kier alpha value is -2.46. The van der Waals surface area contributed by atoms with Crippen LogP contribution in [0.25, 0.3) is 0 Å². The third-order valence-corrected chi connectivity index (χ3v) is 10.6. The van der Waals surface area contributed by atoms with Crippen molar-refractivity contribution >= 4 is 11.8 Å². The number of carboxylic acids is 1. The standard InChI is InChI=1S/C24H36N2O9/c1-13(4-7-21(28)29)16-5-6-17-22-18(12-20(24(16,17)3)35-26(32)33)23(2)9-8-15(27)10-14(23)11-19(22)34-25(30)31/h13-14,16-20,22H,4-12H2,1-3H3,(H,28,29)/t13-,14+,16-,17+,18+,19-,20+,22+,23+,24-/m1/s1. The molecule has 10 atom stereocenters. The van der Waals surface area contributed by atoms with E-state index in [2.05, 4.69) is 6.92 Å². The highest BCUT2D eigenvalue weighted by Gasteiger charge is 2.67. The van der Waals surface area contributed by atoms with Crippen LogP contribution in [0.15, 0.2) is 0 Å². The largest absolute Gasteiger partial charge is 0.481 e. The molecule has 196 valence electrons. The molecule has 0 bridgehead atoms. The zero-order valence-electron chi connectivity index (χ0n) is 20.6. The van der Waals surface area contributed by atoms with Crippen LogP contribution < -0.4 is 0 Å². The summed E-state index contributed by atoms with van der Waals surface area (Å²) < 4.78 is 0. The summed E-state index contributed by atoms with van der Waals surface area (Å²) >= 11 is 0. The second kappa shape index (κ2) is 9.20. The fourth-order valence-electron chi connectivity index (χ4n) is 8.93. The Labute approximate surface area is 204 Å². The number of nitrogens with zero attached hydrogens (tertiary/aromatic N) is 2. The number of fused-ring (bicyclic) bond motifs is 5. The van der Waals surface area contributed by atoms with Crippen molar-refractivity contribution in [1.82, 2.24) is 0 Å². The summed E-state index contributed by atoms with van der Waals surface area (Å²) in [7, 11) is 0. The molecule has 35 heavy (non-hydrogen) atoms. The van der Waals surface area contributed by atoms with E-state index in [1.807, 2.05) is 13.8 Å². The van der Waals surface area contributed by atoms with Crippen LogP contribution in [0, 0.1) is 66.6 Å². The van der Waals surface area contributed by atoms with E-state index in [4.69, 9.17) is 9.68 Å². The van der Waals surface area contributed by atoms with Gasteiger partial charge in [0.2, 0.25) is 0 Å². The lowest BCUT2D eigenvalue weighted by Crippen LogP contribution is -2.63. The number of carbonyl (C=O) groups excluding carboxylic acids is 1. The molecule has 4 aliphatic carbocycles. The number of carboxylic acid groups (broad SMARTS) is 1. The first-order valence-corrected chi connectivity index (χ1v) is 12.7. The van der Waals surface area contributed by atoms with Gasteiger partial charge in [0.25, 0.3) is 10.2 Å². The van der Waals surface area contributed by atoms with Crippen LogP contribution in [0.1, 0.15) is 78.6 Å². The second-order valence-electron chi connectivity index (χ2n) is 11.9. The van der Waals surface area contributed by atoms with Crippen molar-refractivity contribution in [2.45, 2.75) is 90.8 Å². The fourth-order valence-corrected chi connectivity index (χ4v) is 8.93. The van der Waals surface area contributed by atoms with Gasteiger partial charge in [-0.15, -0.1) is 20.2 Å². The Bertz CT molecular complexity index is 896. The summed E-state index contributed by atoms with van der Waals surface area (Å²) in [5, 5.41) is 30.8. The van der Waals surface area contributed by atoms with E-state index in [1.54, 1.807) is 0 Å². The Morgan fingerprint density at radius 3 is 2.46 bits per heavy atom. The SMILES string of the molecule is C[C@H](CCC(=O)O)[C@H]1CC[C@H]2[C@@H]3[C@H](O[N+](=O)[O-])C[C@@H]4CC(=O)CC[C@]4(C)[C@H]3C[C@H](O[N+](=O)[O-])[C@]12C. The minimum atomic E-state index is -0.879. The van der Waals surface area contributed by atoms with Gasteiger partial charge in [0.1, 0.15) is 18.0 Å². The number of hydrogen-bond acceptors (Lipinski definition) is 8. The van der Waals surface area contributed by atoms with Gasteiger partial charge in [0.15, 0.2) is 0 Å². The number of carbonyl (C=O) groups is 2. The second-order valence-corrected chi connectivity index (χ2v) is 11.9. The molecule has 0 amide bonds. The van der Waals surface area contributed by atoms with E-state index in [1.165, 1.54) is 0 Å². The van der Waals surface area contributed by atoms with Gasteiger partial charge in [-0.05, 0) is 79.4 Å². The predicted molar refractivity (Wildman–Crippen MR) is 121 cm³/mol. The van der Waals surface area contributed by atoms with Gasteiger partial charge in [-0.1, -0.05) is 20.8 Å². The average molecular weight is 497 g/mol. The highest BCUT2D eigenvalue weighted by Crippen LogP contribution is 2.69. The van der Waals surface area contributed by atoms with Crippen LogP contribution in [-0.2, 0) is 19.3 Å². The lowest BCUT2D eigenvalue weighted by atomic mass is 9.43. The summed E-state index contributed by atoms with van der Waals surface area (Å²) in [5.41, 5.74) is -0.917. The van der Waals surface area contributed by atoms with Crippen LogP contribution in [0.4, 0.5) is 0 Å². The third kappa shape index (κ3) is 4.35. The van der Waals surface area contributed by atoms with Crippen LogP contribution in [0.2, 0.25) is 0 Å². The van der Waals surface area contributed by atoms with E-state index in [-0.39, 0.29) is 53.1 Å². The van der Waals surface area contributed by atoms with Crippen molar-refractivity contribution < 1.29 is 34.5 Å². The lowest BCUT2D eigenvalue weighted by Gasteiger charge is -2.63. The van der Waals surface area contributed by atoms with Crippen molar-refractivity contribution in [3.05, 3.63) is 20.2 Å². The van der Waals surface area contributed by atoms with E-state index in [0.29, 0.717) is 38.5 Å². The molecule has 0 heterocycles. The molecule has 0 aromatic rings. The number of aliphatic carboxylic acids is 1. The Morgan fingerprint density at radius 2 is 1.83 bits per heavy atom. The average Bonchev–Trinajstić information content (AvgIpc) is 3.11. The lowest BCUT2D eigenvalue weighted by molar-refractivity contribution is -0.778. The molecule has 11 heteroatoms. The molecule has 4 rings (SSSR count). The topological polar surface area (TPSA) is 159 Å². The Balaban J connectivity index is 1.74. The zero-order chi connectivity index (χ0) is 25.7. The molecule has 0 saturated heterocycles. The van der Waals surface area contributed by atoms with Gasteiger partial charge < -0.3 is 14.8 Å². The molecular formula is C24H36N2O9. The summed E-state index contributed by atoms with van der Waals surface area (Å²) in [5.74, 6) is -1.17. The Kier molecular flexibility index (Phi) is 6.74. The first-order chi connectivity index (χ1) is 16.4. The van der Waals surface area contributed by atoms with Gasteiger partial charge in [-0.2, -0.15) is 0 Å². The van der Waals surface area contributed by atoms with Crippen LogP contribution >= 0.6 is 0 Å². The molecule has 4 fully saturated rings.